The minimum absolute atomic E-state index is 0.997. The van der Waals surface area contributed by atoms with E-state index in [2.05, 4.69) is 214 Å². The molecule has 9 rings (SSSR count). The molecule has 0 saturated heterocycles. The Hall–Kier alpha value is -5.90. The highest BCUT2D eigenvalue weighted by Gasteiger charge is 2.25. The van der Waals surface area contributed by atoms with E-state index in [-0.39, 0.29) is 0 Å². The number of halogens is 1. The van der Waals surface area contributed by atoms with E-state index in [1.807, 2.05) is 0 Å². The van der Waals surface area contributed by atoms with Gasteiger partial charge in [0.2, 0.25) is 0 Å². The molecule has 9 aromatic carbocycles. The molecular weight excluding hydrogens is 660 g/mol. The lowest BCUT2D eigenvalue weighted by atomic mass is 10.0. The number of nitrogens with zero attached hydrogens (tertiary/aromatic N) is 2. The van der Waals surface area contributed by atoms with Crippen molar-refractivity contribution in [1.29, 1.82) is 0 Å². The van der Waals surface area contributed by atoms with E-state index in [1.54, 1.807) is 0 Å². The van der Waals surface area contributed by atoms with Crippen molar-refractivity contribution in [2.45, 2.75) is 0 Å². The van der Waals surface area contributed by atoms with E-state index in [0.29, 0.717) is 0 Å². The van der Waals surface area contributed by atoms with Crippen LogP contribution in [0.5, 0.6) is 0 Å². The first-order valence-corrected chi connectivity index (χ1v) is 17.4. The monoisotopic (exact) mass is 690 g/mol. The number of rotatable bonds is 6. The van der Waals surface area contributed by atoms with Gasteiger partial charge in [-0.25, -0.2) is 0 Å². The zero-order valence-electron chi connectivity index (χ0n) is 26.7. The molecule has 0 heterocycles. The Morgan fingerprint density at radius 1 is 0.245 bits per heavy atom. The van der Waals surface area contributed by atoms with Crippen LogP contribution >= 0.6 is 15.9 Å². The molecule has 9 aromatic rings. The summed E-state index contributed by atoms with van der Waals surface area (Å²) in [6.07, 6.45) is 0. The molecule has 0 aliphatic carbocycles. The lowest BCUT2D eigenvalue weighted by Crippen LogP contribution is -2.15. The van der Waals surface area contributed by atoms with Crippen molar-refractivity contribution in [3.63, 3.8) is 0 Å². The molecule has 3 heteroatoms. The summed E-state index contributed by atoms with van der Waals surface area (Å²) in [6.45, 7) is 0. The highest BCUT2D eigenvalue weighted by Crippen LogP contribution is 2.50. The molecule has 0 saturated carbocycles. The highest BCUT2D eigenvalue weighted by molar-refractivity contribution is 9.10. The van der Waals surface area contributed by atoms with Gasteiger partial charge in [0, 0.05) is 21.5 Å². The Morgan fingerprint density at radius 3 is 0.776 bits per heavy atom. The Kier molecular flexibility index (Phi) is 7.33. The number of anilines is 6. The summed E-state index contributed by atoms with van der Waals surface area (Å²) in [5, 5.41) is 9.56. The minimum Gasteiger partial charge on any atom is -0.308 e. The summed E-state index contributed by atoms with van der Waals surface area (Å²) < 4.78 is 0.997. The molecule has 0 radical (unpaired) electrons. The van der Waals surface area contributed by atoms with Crippen molar-refractivity contribution in [3.05, 3.63) is 193 Å². The summed E-state index contributed by atoms with van der Waals surface area (Å²) in [5.74, 6) is 0. The fourth-order valence-corrected chi connectivity index (χ4v) is 7.86. The topological polar surface area (TPSA) is 6.48 Å². The van der Waals surface area contributed by atoms with Gasteiger partial charge >= 0.3 is 0 Å². The van der Waals surface area contributed by atoms with Crippen LogP contribution in [0.15, 0.2) is 193 Å². The van der Waals surface area contributed by atoms with Gasteiger partial charge in [-0.3, -0.25) is 0 Å². The van der Waals surface area contributed by atoms with Crippen molar-refractivity contribution < 1.29 is 0 Å². The fraction of sp³-hybridized carbons (Fsp3) is 0. The van der Waals surface area contributed by atoms with Crippen LogP contribution in [-0.2, 0) is 0 Å². The summed E-state index contributed by atoms with van der Waals surface area (Å²) in [4.78, 5) is 4.84. The van der Waals surface area contributed by atoms with E-state index in [0.717, 1.165) is 38.6 Å². The molecule has 49 heavy (non-hydrogen) atoms. The predicted molar refractivity (Wildman–Crippen MR) is 214 cm³/mol. The molecule has 0 fully saturated rings. The Morgan fingerprint density at radius 2 is 0.469 bits per heavy atom. The van der Waals surface area contributed by atoms with Gasteiger partial charge in [-0.05, 0) is 73.9 Å². The average Bonchev–Trinajstić information content (AvgIpc) is 3.16. The first kappa shape index (κ1) is 29.3. The second-order valence-electron chi connectivity index (χ2n) is 12.3. The van der Waals surface area contributed by atoms with Crippen LogP contribution in [0.2, 0.25) is 0 Å². The van der Waals surface area contributed by atoms with Crippen molar-refractivity contribution >= 4 is 93.1 Å². The van der Waals surface area contributed by atoms with E-state index in [4.69, 9.17) is 0 Å². The van der Waals surface area contributed by atoms with Crippen LogP contribution in [0.3, 0.4) is 0 Å². The molecule has 0 aromatic heterocycles. The fourth-order valence-electron chi connectivity index (χ4n) is 7.25. The smallest absolute Gasteiger partial charge is 0.0656 e. The summed E-state index contributed by atoms with van der Waals surface area (Å²) in [7, 11) is 0. The molecule has 0 aliphatic rings. The lowest BCUT2D eigenvalue weighted by molar-refractivity contribution is 1.26. The maximum atomic E-state index is 4.24. The van der Waals surface area contributed by atoms with Gasteiger partial charge in [-0.1, -0.05) is 152 Å². The maximum absolute atomic E-state index is 4.24. The number of hydrogen-bond donors (Lipinski definition) is 0. The minimum atomic E-state index is 0.997. The maximum Gasteiger partial charge on any atom is 0.0656 e. The van der Waals surface area contributed by atoms with Crippen molar-refractivity contribution in [2.24, 2.45) is 0 Å². The summed E-state index contributed by atoms with van der Waals surface area (Å²) in [5.41, 5.74) is 6.58. The Balaban J connectivity index is 1.36. The zero-order valence-corrected chi connectivity index (χ0v) is 28.3. The van der Waals surface area contributed by atoms with Crippen molar-refractivity contribution in [2.75, 3.05) is 9.80 Å². The second-order valence-corrected chi connectivity index (χ2v) is 13.1. The van der Waals surface area contributed by atoms with Crippen molar-refractivity contribution in [1.82, 2.24) is 0 Å². The molecular formula is C46H31BrN2. The van der Waals surface area contributed by atoms with E-state index in [9.17, 15) is 0 Å². The van der Waals surface area contributed by atoms with Gasteiger partial charge in [0.1, 0.15) is 0 Å². The second kappa shape index (κ2) is 12.3. The molecule has 0 atom stereocenters. The SMILES string of the molecule is Brc1c(N(c2cccc3ccccc23)c2cccc3ccccc23)cccc1N(c1cccc2ccccc12)c1cccc2ccccc12. The molecule has 2 nitrogen and oxygen atoms in total. The predicted octanol–water partition coefficient (Wildman–Crippen LogP) is 14.0. The van der Waals surface area contributed by atoms with E-state index >= 15 is 0 Å². The van der Waals surface area contributed by atoms with Crippen LogP contribution in [0, 0.1) is 0 Å². The quantitative estimate of drug-likeness (QED) is 0.171. The third-order valence-corrected chi connectivity index (χ3v) is 10.3. The average molecular weight is 692 g/mol. The Bertz CT molecular complexity index is 2300. The van der Waals surface area contributed by atoms with Crippen LogP contribution in [0.1, 0.15) is 0 Å². The molecule has 0 aliphatic heterocycles. The highest BCUT2D eigenvalue weighted by atomic mass is 79.9. The molecule has 0 amide bonds. The van der Waals surface area contributed by atoms with Gasteiger partial charge in [-0.15, -0.1) is 0 Å². The third kappa shape index (κ3) is 5.02. The molecule has 0 bridgehead atoms. The van der Waals surface area contributed by atoms with Gasteiger partial charge in [0.25, 0.3) is 0 Å². The van der Waals surface area contributed by atoms with Gasteiger partial charge in [-0.2, -0.15) is 0 Å². The largest absolute Gasteiger partial charge is 0.308 e. The van der Waals surface area contributed by atoms with Crippen molar-refractivity contribution in [3.8, 4) is 0 Å². The molecule has 0 N–H and O–H groups in total. The van der Waals surface area contributed by atoms with Crippen LogP contribution in [-0.4, -0.2) is 0 Å². The van der Waals surface area contributed by atoms with Crippen LogP contribution in [0.4, 0.5) is 34.1 Å². The van der Waals surface area contributed by atoms with Crippen LogP contribution in [0.25, 0.3) is 43.1 Å². The molecule has 0 unspecified atom stereocenters. The van der Waals surface area contributed by atoms with Gasteiger partial charge in [0.15, 0.2) is 0 Å². The molecule has 0 spiro atoms. The summed E-state index contributed by atoms with van der Waals surface area (Å²) >= 11 is 4.24. The third-order valence-electron chi connectivity index (χ3n) is 9.47. The number of benzene rings is 9. The van der Waals surface area contributed by atoms with Gasteiger partial charge < -0.3 is 9.80 Å². The number of fused-ring (bicyclic) bond motifs is 4. The first-order valence-electron chi connectivity index (χ1n) is 16.6. The summed E-state index contributed by atoms with van der Waals surface area (Å²) in [6, 6.07) is 67.5. The van der Waals surface area contributed by atoms with Gasteiger partial charge in [0.05, 0.1) is 38.6 Å². The standard InChI is InChI=1S/C46H31BrN2/c47-46-44(48(40-26-9-18-32-14-1-5-22-36(32)40)41-27-10-19-33-15-2-6-23-37(33)41)30-13-31-45(46)49(42-28-11-20-34-16-3-7-24-38(34)42)43-29-12-21-35-17-4-8-25-39(35)43/h1-31H. The lowest BCUT2D eigenvalue weighted by Gasteiger charge is -2.33. The van der Waals surface area contributed by atoms with E-state index < -0.39 is 0 Å². The molecule has 232 valence electrons. The van der Waals surface area contributed by atoms with Crippen LogP contribution < -0.4 is 9.80 Å². The van der Waals surface area contributed by atoms with E-state index in [1.165, 1.54) is 43.1 Å². The first-order chi connectivity index (χ1) is 24.3. The Labute approximate surface area is 294 Å². The zero-order chi connectivity index (χ0) is 32.7. The normalized spacial score (nSPS) is 11.4. The number of hydrogen-bond acceptors (Lipinski definition) is 2.